The van der Waals surface area contributed by atoms with Crippen molar-refractivity contribution in [3.63, 3.8) is 0 Å². The molecule has 3 heterocycles. The first-order chi connectivity index (χ1) is 13.6. The number of nitrogens with zero attached hydrogens (tertiary/aromatic N) is 3. The van der Waals surface area contributed by atoms with Gasteiger partial charge in [0, 0.05) is 23.3 Å². The maximum atomic E-state index is 14.3. The van der Waals surface area contributed by atoms with E-state index in [1.807, 2.05) is 5.32 Å². The van der Waals surface area contributed by atoms with Crippen LogP contribution in [0.3, 0.4) is 0 Å². The first-order valence-electron chi connectivity index (χ1n) is 8.71. The van der Waals surface area contributed by atoms with Gasteiger partial charge in [-0.2, -0.15) is 13.2 Å². The molecule has 0 saturated carbocycles. The number of carbonyl (C=O) groups excluding carboxylic acids is 1. The summed E-state index contributed by atoms with van der Waals surface area (Å²) in [6, 6.07) is 3.51. The van der Waals surface area contributed by atoms with Crippen LogP contribution >= 0.6 is 0 Å². The Bertz CT molecular complexity index is 1030. The molecule has 3 rings (SSSR count). The lowest BCUT2D eigenvalue weighted by molar-refractivity contribution is -0.140. The van der Waals surface area contributed by atoms with Gasteiger partial charge in [-0.1, -0.05) is 6.92 Å². The number of hydrogen-bond acceptors (Lipinski definition) is 5. The molecule has 3 N–H and O–H groups in total. The van der Waals surface area contributed by atoms with Gasteiger partial charge in [-0.15, -0.1) is 0 Å². The monoisotopic (exact) mass is 410 g/mol. The Morgan fingerprint density at radius 2 is 2.03 bits per heavy atom. The fourth-order valence-corrected chi connectivity index (χ4v) is 2.67. The Morgan fingerprint density at radius 1 is 1.28 bits per heavy atom. The lowest BCUT2D eigenvalue weighted by atomic mass is 9.97. The van der Waals surface area contributed by atoms with Gasteiger partial charge in [0.2, 0.25) is 5.91 Å². The number of carbonyl (C=O) groups is 1. The van der Waals surface area contributed by atoms with E-state index in [1.165, 1.54) is 6.92 Å². The van der Waals surface area contributed by atoms with E-state index >= 15 is 0 Å². The predicted octanol–water partition coefficient (Wildman–Crippen LogP) is 3.42. The molecule has 3 aromatic rings. The number of aromatic amines is 1. The summed E-state index contributed by atoms with van der Waals surface area (Å²) in [6.07, 6.45) is -0.311. The number of alkyl halides is 3. The number of pyridine rings is 1. The number of halogens is 4. The largest absolute Gasteiger partial charge is 0.405 e. The molecule has 0 spiro atoms. The van der Waals surface area contributed by atoms with E-state index in [1.54, 1.807) is 31.5 Å². The summed E-state index contributed by atoms with van der Waals surface area (Å²) < 4.78 is 51.6. The Balaban J connectivity index is 1.90. The molecule has 154 valence electrons. The van der Waals surface area contributed by atoms with Crippen LogP contribution in [0.25, 0.3) is 22.4 Å². The molecule has 0 bridgehead atoms. The summed E-state index contributed by atoms with van der Waals surface area (Å²) in [6.45, 7) is 1.48. The van der Waals surface area contributed by atoms with Crippen LogP contribution in [0.5, 0.6) is 0 Å². The van der Waals surface area contributed by atoms with Gasteiger partial charge >= 0.3 is 6.18 Å². The summed E-state index contributed by atoms with van der Waals surface area (Å²) in [4.78, 5) is 27.5. The average molecular weight is 410 g/mol. The molecule has 0 saturated heterocycles. The zero-order valence-corrected chi connectivity index (χ0v) is 15.6. The number of amides is 1. The fraction of sp³-hybridized carbons (Fsp3) is 0.333. The zero-order chi connectivity index (χ0) is 21.2. The third-order valence-electron chi connectivity index (χ3n) is 4.49. The van der Waals surface area contributed by atoms with Crippen LogP contribution in [-0.4, -0.2) is 44.1 Å². The van der Waals surface area contributed by atoms with Crippen molar-refractivity contribution in [1.82, 2.24) is 25.3 Å². The SMILES string of the molecule is CCC(C)(Nc1nc(-c2c[nH]c3ncccc23)ncc1F)C(=O)NCC(F)(F)F. The smallest absolute Gasteiger partial charge is 0.354 e. The van der Waals surface area contributed by atoms with Crippen molar-refractivity contribution in [3.05, 3.63) is 36.5 Å². The van der Waals surface area contributed by atoms with E-state index in [0.29, 0.717) is 16.6 Å². The second-order valence-corrected chi connectivity index (χ2v) is 6.60. The molecule has 1 amide bonds. The highest BCUT2D eigenvalue weighted by atomic mass is 19.4. The number of H-pyrrole nitrogens is 1. The standard InChI is InChI=1S/C18H18F4N6O/c1-3-17(2,16(29)26-9-18(20,21)22)28-15-12(19)8-25-14(27-15)11-7-24-13-10(11)5-4-6-23-13/h4-8H,3,9H2,1-2H3,(H,23,24)(H,26,29)(H,25,27,28). The highest BCUT2D eigenvalue weighted by molar-refractivity contribution is 5.92. The first-order valence-corrected chi connectivity index (χ1v) is 8.71. The van der Waals surface area contributed by atoms with Crippen LogP contribution in [-0.2, 0) is 4.79 Å². The van der Waals surface area contributed by atoms with Crippen molar-refractivity contribution in [3.8, 4) is 11.4 Å². The van der Waals surface area contributed by atoms with Crippen LogP contribution in [0.2, 0.25) is 0 Å². The molecule has 3 aromatic heterocycles. The summed E-state index contributed by atoms with van der Waals surface area (Å²) in [5.41, 5.74) is -0.356. The van der Waals surface area contributed by atoms with E-state index in [9.17, 15) is 22.4 Å². The highest BCUT2D eigenvalue weighted by Crippen LogP contribution is 2.27. The van der Waals surface area contributed by atoms with Crippen LogP contribution in [0.4, 0.5) is 23.4 Å². The minimum atomic E-state index is -4.55. The van der Waals surface area contributed by atoms with Gasteiger partial charge in [-0.25, -0.2) is 19.3 Å². The van der Waals surface area contributed by atoms with Gasteiger partial charge in [-0.3, -0.25) is 4.79 Å². The van der Waals surface area contributed by atoms with Gasteiger partial charge < -0.3 is 15.6 Å². The van der Waals surface area contributed by atoms with Crippen molar-refractivity contribution in [2.75, 3.05) is 11.9 Å². The lowest BCUT2D eigenvalue weighted by Gasteiger charge is -2.29. The molecular formula is C18H18F4N6O. The minimum Gasteiger partial charge on any atom is -0.354 e. The van der Waals surface area contributed by atoms with Gasteiger partial charge in [0.05, 0.1) is 6.20 Å². The second kappa shape index (κ2) is 7.64. The van der Waals surface area contributed by atoms with Crippen molar-refractivity contribution in [2.45, 2.75) is 32.0 Å². The predicted molar refractivity (Wildman–Crippen MR) is 98.5 cm³/mol. The first kappa shape index (κ1) is 20.5. The number of hydrogen-bond donors (Lipinski definition) is 3. The molecule has 0 fully saturated rings. The van der Waals surface area contributed by atoms with Crippen LogP contribution in [0, 0.1) is 5.82 Å². The Hall–Kier alpha value is -3.24. The highest BCUT2D eigenvalue weighted by Gasteiger charge is 2.36. The van der Waals surface area contributed by atoms with E-state index in [4.69, 9.17) is 0 Å². The topological polar surface area (TPSA) is 95.6 Å². The Labute approximate surface area is 163 Å². The van der Waals surface area contributed by atoms with Gasteiger partial charge in [0.1, 0.15) is 17.7 Å². The number of nitrogens with one attached hydrogen (secondary N) is 3. The molecular weight excluding hydrogens is 392 g/mol. The maximum Gasteiger partial charge on any atom is 0.405 e. The Morgan fingerprint density at radius 3 is 2.72 bits per heavy atom. The summed E-state index contributed by atoms with van der Waals surface area (Å²) in [7, 11) is 0. The van der Waals surface area contributed by atoms with Crippen molar-refractivity contribution >= 4 is 22.8 Å². The molecule has 1 unspecified atom stereocenters. The van der Waals surface area contributed by atoms with E-state index in [2.05, 4.69) is 25.3 Å². The normalized spacial score (nSPS) is 13.9. The van der Waals surface area contributed by atoms with Crippen LogP contribution in [0.1, 0.15) is 20.3 Å². The third-order valence-corrected chi connectivity index (χ3v) is 4.49. The molecule has 1 atom stereocenters. The molecule has 0 aliphatic rings. The minimum absolute atomic E-state index is 0.0898. The van der Waals surface area contributed by atoms with Crippen molar-refractivity contribution in [2.24, 2.45) is 0 Å². The molecule has 29 heavy (non-hydrogen) atoms. The van der Waals surface area contributed by atoms with E-state index < -0.39 is 30.0 Å². The van der Waals surface area contributed by atoms with Gasteiger partial charge in [0.25, 0.3) is 0 Å². The van der Waals surface area contributed by atoms with Crippen LogP contribution < -0.4 is 10.6 Å². The number of aromatic nitrogens is 4. The quantitative estimate of drug-likeness (QED) is 0.542. The summed E-state index contributed by atoms with van der Waals surface area (Å²) >= 11 is 0. The van der Waals surface area contributed by atoms with Gasteiger partial charge in [0.15, 0.2) is 17.5 Å². The Kier molecular flexibility index (Phi) is 5.40. The molecule has 0 radical (unpaired) electrons. The summed E-state index contributed by atoms with van der Waals surface area (Å²) in [5, 5.41) is 5.16. The summed E-state index contributed by atoms with van der Waals surface area (Å²) in [5.74, 6) is -1.88. The third kappa shape index (κ3) is 4.44. The zero-order valence-electron chi connectivity index (χ0n) is 15.6. The van der Waals surface area contributed by atoms with E-state index in [-0.39, 0.29) is 18.1 Å². The van der Waals surface area contributed by atoms with Crippen molar-refractivity contribution < 1.29 is 22.4 Å². The molecule has 11 heteroatoms. The molecule has 7 nitrogen and oxygen atoms in total. The fourth-order valence-electron chi connectivity index (χ4n) is 2.67. The molecule has 0 aliphatic heterocycles. The van der Waals surface area contributed by atoms with E-state index in [0.717, 1.165) is 6.20 Å². The number of anilines is 1. The second-order valence-electron chi connectivity index (χ2n) is 6.60. The maximum absolute atomic E-state index is 14.3. The number of fused-ring (bicyclic) bond motifs is 1. The van der Waals surface area contributed by atoms with Crippen LogP contribution in [0.15, 0.2) is 30.7 Å². The lowest BCUT2D eigenvalue weighted by Crippen LogP contribution is -2.52. The molecule has 0 aliphatic carbocycles. The number of rotatable bonds is 6. The molecule has 0 aromatic carbocycles. The average Bonchev–Trinajstić information content (AvgIpc) is 3.11. The van der Waals surface area contributed by atoms with Crippen molar-refractivity contribution in [1.29, 1.82) is 0 Å². The van der Waals surface area contributed by atoms with Gasteiger partial charge in [-0.05, 0) is 25.5 Å².